The van der Waals surface area contributed by atoms with Crippen LogP contribution in [0.3, 0.4) is 0 Å². The third-order valence-electron chi connectivity index (χ3n) is 2.11. The van der Waals surface area contributed by atoms with Crippen molar-refractivity contribution in [3.05, 3.63) is 28.8 Å². The number of ether oxygens (including phenoxy) is 1. The summed E-state index contributed by atoms with van der Waals surface area (Å²) in [4.78, 5) is 16.5. The molecule has 0 aliphatic carbocycles. The van der Waals surface area contributed by atoms with E-state index < -0.39 is 18.9 Å². The van der Waals surface area contributed by atoms with Crippen molar-refractivity contribution in [1.82, 2.24) is 5.06 Å². The van der Waals surface area contributed by atoms with Gasteiger partial charge in [-0.1, -0.05) is 11.6 Å². The fraction of sp³-hybridized carbons (Fsp3) is 0.364. The molecule has 1 rings (SSSR count). The molecule has 1 aromatic rings. The number of carbonyl (C=O) groups excluding carboxylic acids is 1. The average molecular weight is 280 g/mol. The monoisotopic (exact) mass is 279 g/mol. The molecule has 1 aromatic carbocycles. The zero-order valence-corrected chi connectivity index (χ0v) is 10.6. The van der Waals surface area contributed by atoms with Gasteiger partial charge in [-0.2, -0.15) is 0 Å². The number of amides is 1. The van der Waals surface area contributed by atoms with Crippen LogP contribution in [0.1, 0.15) is 10.4 Å². The maximum atomic E-state index is 11.9. The standard InChI is InChI=1S/C11H12ClF2NO3/c1-15(17-2)11(16)8-4-3-7(5-9(8)12)18-6-10(13)14/h3-5,10H,6H2,1-2H3. The van der Waals surface area contributed by atoms with Gasteiger partial charge >= 0.3 is 0 Å². The molecule has 100 valence electrons. The second kappa shape index (κ2) is 6.51. The van der Waals surface area contributed by atoms with Gasteiger partial charge in [0, 0.05) is 7.05 Å². The van der Waals surface area contributed by atoms with Gasteiger partial charge in [0.15, 0.2) is 0 Å². The Bertz CT molecular complexity index is 429. The minimum Gasteiger partial charge on any atom is -0.488 e. The quantitative estimate of drug-likeness (QED) is 0.778. The van der Waals surface area contributed by atoms with Crippen molar-refractivity contribution in [1.29, 1.82) is 0 Å². The van der Waals surface area contributed by atoms with Gasteiger partial charge in [0.1, 0.15) is 12.4 Å². The van der Waals surface area contributed by atoms with Crippen molar-refractivity contribution in [2.75, 3.05) is 20.8 Å². The van der Waals surface area contributed by atoms with Crippen molar-refractivity contribution in [2.24, 2.45) is 0 Å². The first-order chi connectivity index (χ1) is 8.45. The summed E-state index contributed by atoms with van der Waals surface area (Å²) in [5, 5.41) is 1.11. The van der Waals surface area contributed by atoms with Crippen LogP contribution in [0.5, 0.6) is 5.75 Å². The minimum atomic E-state index is -2.57. The first kappa shape index (κ1) is 14.7. The fourth-order valence-electron chi connectivity index (χ4n) is 1.17. The maximum Gasteiger partial charge on any atom is 0.278 e. The van der Waals surface area contributed by atoms with Crippen LogP contribution in [0.2, 0.25) is 5.02 Å². The van der Waals surface area contributed by atoms with Crippen LogP contribution in [0.15, 0.2) is 18.2 Å². The summed E-state index contributed by atoms with van der Waals surface area (Å²) in [6, 6.07) is 4.09. The van der Waals surface area contributed by atoms with Crippen molar-refractivity contribution in [2.45, 2.75) is 6.43 Å². The first-order valence-electron chi connectivity index (χ1n) is 4.98. The predicted molar refractivity (Wildman–Crippen MR) is 62.1 cm³/mol. The van der Waals surface area contributed by atoms with Gasteiger partial charge in [-0.3, -0.25) is 9.63 Å². The van der Waals surface area contributed by atoms with Crippen LogP contribution in [0.4, 0.5) is 8.78 Å². The smallest absolute Gasteiger partial charge is 0.278 e. The number of carbonyl (C=O) groups is 1. The zero-order valence-electron chi connectivity index (χ0n) is 9.82. The molecule has 0 spiro atoms. The molecule has 0 unspecified atom stereocenters. The molecule has 1 amide bonds. The summed E-state index contributed by atoms with van der Waals surface area (Å²) >= 11 is 5.87. The lowest BCUT2D eigenvalue weighted by Crippen LogP contribution is -2.25. The largest absolute Gasteiger partial charge is 0.488 e. The van der Waals surface area contributed by atoms with Crippen LogP contribution in [-0.4, -0.2) is 38.2 Å². The SMILES string of the molecule is CON(C)C(=O)c1ccc(OCC(F)F)cc1Cl. The topological polar surface area (TPSA) is 38.8 Å². The normalized spacial score (nSPS) is 10.6. The van der Waals surface area contributed by atoms with Crippen LogP contribution in [-0.2, 0) is 4.84 Å². The van der Waals surface area contributed by atoms with E-state index in [0.717, 1.165) is 5.06 Å². The molecule has 4 nitrogen and oxygen atoms in total. The van der Waals surface area contributed by atoms with Gasteiger partial charge < -0.3 is 4.74 Å². The number of nitrogens with zero attached hydrogens (tertiary/aromatic N) is 1. The molecule has 0 aromatic heterocycles. The Morgan fingerprint density at radius 3 is 2.67 bits per heavy atom. The molecule has 7 heteroatoms. The van der Waals surface area contributed by atoms with E-state index in [1.54, 1.807) is 0 Å². The Morgan fingerprint density at radius 2 is 2.17 bits per heavy atom. The number of benzene rings is 1. The summed E-state index contributed by atoms with van der Waals surface area (Å²) in [7, 11) is 2.77. The number of hydrogen-bond acceptors (Lipinski definition) is 3. The highest BCUT2D eigenvalue weighted by molar-refractivity contribution is 6.33. The molecule has 0 saturated heterocycles. The number of alkyl halides is 2. The molecule has 0 heterocycles. The lowest BCUT2D eigenvalue weighted by molar-refractivity contribution is -0.0756. The highest BCUT2D eigenvalue weighted by atomic mass is 35.5. The maximum absolute atomic E-state index is 11.9. The van der Waals surface area contributed by atoms with Crippen LogP contribution in [0.25, 0.3) is 0 Å². The van der Waals surface area contributed by atoms with E-state index in [2.05, 4.69) is 0 Å². The molecule has 0 fully saturated rings. The van der Waals surface area contributed by atoms with Crippen molar-refractivity contribution < 1.29 is 23.1 Å². The molecule has 0 radical (unpaired) electrons. The Balaban J connectivity index is 2.82. The van der Waals surface area contributed by atoms with Gasteiger partial charge in [0.2, 0.25) is 0 Å². The summed E-state index contributed by atoms with van der Waals surface area (Å²) in [5.41, 5.74) is 0.199. The van der Waals surface area contributed by atoms with Crippen LogP contribution >= 0.6 is 11.6 Å². The molecule has 0 N–H and O–H groups in total. The van der Waals surface area contributed by atoms with Crippen LogP contribution in [0, 0.1) is 0 Å². The summed E-state index contributed by atoms with van der Waals surface area (Å²) in [5.74, 6) is -0.264. The minimum absolute atomic E-state index is 0.107. The Morgan fingerprint density at radius 1 is 1.50 bits per heavy atom. The second-order valence-electron chi connectivity index (χ2n) is 3.33. The zero-order chi connectivity index (χ0) is 13.7. The lowest BCUT2D eigenvalue weighted by atomic mass is 10.2. The van der Waals surface area contributed by atoms with E-state index in [0.29, 0.717) is 0 Å². The van der Waals surface area contributed by atoms with Gasteiger partial charge in [-0.15, -0.1) is 0 Å². The van der Waals surface area contributed by atoms with E-state index in [1.165, 1.54) is 32.4 Å². The van der Waals surface area contributed by atoms with Crippen molar-refractivity contribution in [3.63, 3.8) is 0 Å². The van der Waals surface area contributed by atoms with Crippen molar-refractivity contribution in [3.8, 4) is 5.75 Å². The van der Waals surface area contributed by atoms with Gasteiger partial charge in [0.05, 0.1) is 17.7 Å². The van der Waals surface area contributed by atoms with Gasteiger partial charge in [-0.05, 0) is 18.2 Å². The second-order valence-corrected chi connectivity index (χ2v) is 3.74. The Hall–Kier alpha value is -1.40. The van der Waals surface area contributed by atoms with E-state index in [1.807, 2.05) is 0 Å². The van der Waals surface area contributed by atoms with Gasteiger partial charge in [0.25, 0.3) is 12.3 Å². The molecular formula is C11H12ClF2NO3. The summed E-state index contributed by atoms with van der Waals surface area (Å²) in [6.45, 7) is -0.721. The Kier molecular flexibility index (Phi) is 5.30. The van der Waals surface area contributed by atoms with Crippen LogP contribution < -0.4 is 4.74 Å². The molecule has 18 heavy (non-hydrogen) atoms. The molecular weight excluding hydrogens is 268 g/mol. The molecule has 0 saturated carbocycles. The number of hydroxylamine groups is 2. The summed E-state index contributed by atoms with van der Waals surface area (Å²) < 4.78 is 28.7. The lowest BCUT2D eigenvalue weighted by Gasteiger charge is -2.15. The summed E-state index contributed by atoms with van der Waals surface area (Å²) in [6.07, 6.45) is -2.57. The number of rotatable bonds is 5. The first-order valence-corrected chi connectivity index (χ1v) is 5.36. The molecule has 0 aliphatic rings. The third kappa shape index (κ3) is 3.82. The highest BCUT2D eigenvalue weighted by Gasteiger charge is 2.16. The van der Waals surface area contributed by atoms with E-state index in [9.17, 15) is 13.6 Å². The van der Waals surface area contributed by atoms with Gasteiger partial charge in [-0.25, -0.2) is 13.8 Å². The number of halogens is 3. The predicted octanol–water partition coefficient (Wildman–Crippen LogP) is 2.62. The molecule has 0 aliphatic heterocycles. The van der Waals surface area contributed by atoms with E-state index >= 15 is 0 Å². The number of hydrogen-bond donors (Lipinski definition) is 0. The highest BCUT2D eigenvalue weighted by Crippen LogP contribution is 2.24. The molecule has 0 atom stereocenters. The fourth-order valence-corrected chi connectivity index (χ4v) is 1.42. The van der Waals surface area contributed by atoms with E-state index in [4.69, 9.17) is 21.2 Å². The molecule has 0 bridgehead atoms. The van der Waals surface area contributed by atoms with E-state index in [-0.39, 0.29) is 16.3 Å². The van der Waals surface area contributed by atoms with Crippen molar-refractivity contribution >= 4 is 17.5 Å². The Labute approximate surface area is 108 Å². The third-order valence-corrected chi connectivity index (χ3v) is 2.42. The average Bonchev–Trinajstić information content (AvgIpc) is 2.34.